The number of hydrogen-bond donors (Lipinski definition) is 3. The van der Waals surface area contributed by atoms with Crippen molar-refractivity contribution in [1.82, 2.24) is 15.1 Å². The van der Waals surface area contributed by atoms with Gasteiger partial charge in [0.05, 0.1) is 11.9 Å². The Kier molecular flexibility index (Phi) is 5.03. The Labute approximate surface area is 169 Å². The standard InChI is InChI=1S/C22H23N5O2/c1-14-8-9-15(21(28)25-16-10-11-16)12-19(14)26-22(29)18-13-24-27(20(18)23-2)17-6-4-3-5-7-17/h3-9,12-13,16,23H,10-11H2,1-2H3,(H,25,28)(H,26,29). The molecule has 3 N–H and O–H groups in total. The molecule has 4 rings (SSSR count). The maximum atomic E-state index is 13.0. The van der Waals surface area contributed by atoms with Crippen LogP contribution in [0.2, 0.25) is 0 Å². The largest absolute Gasteiger partial charge is 0.372 e. The van der Waals surface area contributed by atoms with Crippen LogP contribution in [0.1, 0.15) is 39.1 Å². The summed E-state index contributed by atoms with van der Waals surface area (Å²) >= 11 is 0. The van der Waals surface area contributed by atoms with Crippen molar-refractivity contribution in [2.75, 3.05) is 17.7 Å². The van der Waals surface area contributed by atoms with Gasteiger partial charge in [0.15, 0.2) is 0 Å². The zero-order valence-electron chi connectivity index (χ0n) is 16.4. The van der Waals surface area contributed by atoms with Gasteiger partial charge in [-0.3, -0.25) is 9.59 Å². The summed E-state index contributed by atoms with van der Waals surface area (Å²) in [5, 5.41) is 13.3. The number of rotatable bonds is 6. The number of hydrogen-bond acceptors (Lipinski definition) is 4. The van der Waals surface area contributed by atoms with Gasteiger partial charge in [0, 0.05) is 24.3 Å². The highest BCUT2D eigenvalue weighted by atomic mass is 16.2. The lowest BCUT2D eigenvalue weighted by atomic mass is 10.1. The van der Waals surface area contributed by atoms with E-state index in [2.05, 4.69) is 21.0 Å². The highest BCUT2D eigenvalue weighted by Gasteiger charge is 2.24. The van der Waals surface area contributed by atoms with E-state index in [1.165, 1.54) is 6.20 Å². The third kappa shape index (κ3) is 3.99. The highest BCUT2D eigenvalue weighted by molar-refractivity contribution is 6.08. The van der Waals surface area contributed by atoms with Crippen molar-refractivity contribution in [3.05, 3.63) is 71.4 Å². The lowest BCUT2D eigenvalue weighted by Gasteiger charge is -2.12. The second-order valence-corrected chi connectivity index (χ2v) is 7.14. The normalized spacial score (nSPS) is 13.0. The number of benzene rings is 2. The highest BCUT2D eigenvalue weighted by Crippen LogP contribution is 2.24. The average molecular weight is 389 g/mol. The van der Waals surface area contributed by atoms with Crippen LogP contribution >= 0.6 is 0 Å². The molecular formula is C22H23N5O2. The van der Waals surface area contributed by atoms with Gasteiger partial charge in [-0.25, -0.2) is 4.68 Å². The Morgan fingerprint density at radius 3 is 2.52 bits per heavy atom. The molecule has 1 aromatic heterocycles. The summed E-state index contributed by atoms with van der Waals surface area (Å²) in [6.45, 7) is 1.89. The van der Waals surface area contributed by atoms with Crippen LogP contribution < -0.4 is 16.0 Å². The minimum atomic E-state index is -0.292. The van der Waals surface area contributed by atoms with E-state index in [0.717, 1.165) is 24.1 Å². The number of aromatic nitrogens is 2. The summed E-state index contributed by atoms with van der Waals surface area (Å²) in [6.07, 6.45) is 3.59. The van der Waals surface area contributed by atoms with Gasteiger partial charge in [-0.1, -0.05) is 24.3 Å². The third-order valence-electron chi connectivity index (χ3n) is 4.91. The first-order valence-corrected chi connectivity index (χ1v) is 9.61. The number of nitrogens with one attached hydrogen (secondary N) is 3. The van der Waals surface area contributed by atoms with E-state index >= 15 is 0 Å². The van der Waals surface area contributed by atoms with Gasteiger partial charge in [-0.15, -0.1) is 0 Å². The summed E-state index contributed by atoms with van der Waals surface area (Å²) < 4.78 is 1.68. The molecule has 0 unspecified atom stereocenters. The smallest absolute Gasteiger partial charge is 0.261 e. The van der Waals surface area contributed by atoms with Crippen LogP contribution in [-0.4, -0.2) is 34.7 Å². The monoisotopic (exact) mass is 389 g/mol. The first kappa shape index (κ1) is 18.7. The van der Waals surface area contributed by atoms with Crippen LogP contribution in [0, 0.1) is 6.92 Å². The minimum absolute atomic E-state index is 0.115. The van der Waals surface area contributed by atoms with Gasteiger partial charge in [0.1, 0.15) is 11.4 Å². The van der Waals surface area contributed by atoms with Crippen molar-refractivity contribution in [3.63, 3.8) is 0 Å². The molecule has 0 bridgehead atoms. The molecule has 1 aliphatic rings. The maximum Gasteiger partial charge on any atom is 0.261 e. The maximum absolute atomic E-state index is 13.0. The Morgan fingerprint density at radius 1 is 1.07 bits per heavy atom. The second kappa shape index (κ2) is 7.79. The van der Waals surface area contributed by atoms with Crippen LogP contribution in [0.3, 0.4) is 0 Å². The molecule has 1 heterocycles. The van der Waals surface area contributed by atoms with Gasteiger partial charge in [-0.05, 0) is 49.6 Å². The molecule has 0 spiro atoms. The average Bonchev–Trinajstić information content (AvgIpc) is 3.44. The van der Waals surface area contributed by atoms with Gasteiger partial charge in [-0.2, -0.15) is 5.10 Å². The SMILES string of the molecule is CNc1c(C(=O)Nc2cc(C(=O)NC3CC3)ccc2C)cnn1-c1ccccc1. The van der Waals surface area contributed by atoms with Gasteiger partial charge in [0.2, 0.25) is 0 Å². The fourth-order valence-corrected chi connectivity index (χ4v) is 3.10. The predicted octanol–water partition coefficient (Wildman–Crippen LogP) is 3.37. The predicted molar refractivity (Wildman–Crippen MR) is 113 cm³/mol. The molecule has 0 aliphatic heterocycles. The molecule has 29 heavy (non-hydrogen) atoms. The first-order chi connectivity index (χ1) is 14.1. The number of carbonyl (C=O) groups excluding carboxylic acids is 2. The number of nitrogens with zero attached hydrogens (tertiary/aromatic N) is 2. The van der Waals surface area contributed by atoms with Crippen LogP contribution in [0.25, 0.3) is 5.69 Å². The molecule has 148 valence electrons. The summed E-state index contributed by atoms with van der Waals surface area (Å²) in [7, 11) is 1.75. The molecule has 0 radical (unpaired) electrons. The summed E-state index contributed by atoms with van der Waals surface area (Å²) in [4.78, 5) is 25.3. The fraction of sp³-hybridized carbons (Fsp3) is 0.227. The molecule has 2 amide bonds. The van der Waals surface area contributed by atoms with E-state index in [9.17, 15) is 9.59 Å². The van der Waals surface area contributed by atoms with Crippen LogP contribution in [0.5, 0.6) is 0 Å². The number of aryl methyl sites for hydroxylation is 1. The van der Waals surface area contributed by atoms with Crippen molar-refractivity contribution in [3.8, 4) is 5.69 Å². The van der Waals surface area contributed by atoms with Crippen LogP contribution in [0.4, 0.5) is 11.5 Å². The zero-order chi connectivity index (χ0) is 20.4. The van der Waals surface area contributed by atoms with Crippen molar-refractivity contribution < 1.29 is 9.59 Å². The zero-order valence-corrected chi connectivity index (χ0v) is 16.4. The molecule has 7 heteroatoms. The van der Waals surface area contributed by atoms with Crippen molar-refractivity contribution in [2.24, 2.45) is 0 Å². The molecule has 3 aromatic rings. The number of para-hydroxylation sites is 1. The fourth-order valence-electron chi connectivity index (χ4n) is 3.10. The van der Waals surface area contributed by atoms with Crippen molar-refractivity contribution in [2.45, 2.75) is 25.8 Å². The number of anilines is 2. The summed E-state index contributed by atoms with van der Waals surface area (Å²) in [5.74, 6) is 0.184. The van der Waals surface area contributed by atoms with Crippen LogP contribution in [-0.2, 0) is 0 Å². The molecule has 0 saturated heterocycles. The Morgan fingerprint density at radius 2 is 1.83 bits per heavy atom. The van der Waals surface area contributed by atoms with E-state index in [1.54, 1.807) is 23.9 Å². The Hall–Kier alpha value is -3.61. The third-order valence-corrected chi connectivity index (χ3v) is 4.91. The van der Waals surface area contributed by atoms with Crippen molar-refractivity contribution in [1.29, 1.82) is 0 Å². The van der Waals surface area contributed by atoms with Crippen molar-refractivity contribution >= 4 is 23.3 Å². The lowest BCUT2D eigenvalue weighted by Crippen LogP contribution is -2.25. The number of amides is 2. The topological polar surface area (TPSA) is 88.1 Å². The van der Waals surface area contributed by atoms with Gasteiger partial charge in [0.25, 0.3) is 11.8 Å². The summed E-state index contributed by atoms with van der Waals surface area (Å²) in [5.41, 5.74) is 3.29. The lowest BCUT2D eigenvalue weighted by molar-refractivity contribution is 0.0949. The molecule has 7 nitrogen and oxygen atoms in total. The van der Waals surface area contributed by atoms with Gasteiger partial charge < -0.3 is 16.0 Å². The quantitative estimate of drug-likeness (QED) is 0.603. The molecule has 1 saturated carbocycles. The summed E-state index contributed by atoms with van der Waals surface area (Å²) in [6, 6.07) is 15.2. The van der Waals surface area contributed by atoms with E-state index < -0.39 is 0 Å². The van der Waals surface area contributed by atoms with Gasteiger partial charge >= 0.3 is 0 Å². The molecule has 1 aliphatic carbocycles. The van der Waals surface area contributed by atoms with E-state index in [0.29, 0.717) is 22.6 Å². The van der Waals surface area contributed by atoms with E-state index in [-0.39, 0.29) is 17.9 Å². The molecular weight excluding hydrogens is 366 g/mol. The van der Waals surface area contributed by atoms with Crippen LogP contribution in [0.15, 0.2) is 54.7 Å². The Balaban J connectivity index is 1.58. The Bertz CT molecular complexity index is 1050. The first-order valence-electron chi connectivity index (χ1n) is 9.61. The molecule has 0 atom stereocenters. The van der Waals surface area contributed by atoms with E-state index in [4.69, 9.17) is 0 Å². The minimum Gasteiger partial charge on any atom is -0.372 e. The number of carbonyl (C=O) groups is 2. The molecule has 2 aromatic carbocycles. The van der Waals surface area contributed by atoms with E-state index in [1.807, 2.05) is 43.3 Å². The molecule has 1 fully saturated rings. The second-order valence-electron chi connectivity index (χ2n) is 7.14.